The summed E-state index contributed by atoms with van der Waals surface area (Å²) in [5.41, 5.74) is 2.94. The number of ether oxygens (including phenoxy) is 1. The Labute approximate surface area is 167 Å². The second-order valence-electron chi connectivity index (χ2n) is 6.84. The van der Waals surface area contributed by atoms with Crippen LogP contribution in [0.1, 0.15) is 18.9 Å². The first-order valence-corrected chi connectivity index (χ1v) is 9.34. The lowest BCUT2D eigenvalue weighted by atomic mass is 10.1. The quantitative estimate of drug-likeness (QED) is 0.722. The predicted octanol–water partition coefficient (Wildman–Crippen LogP) is 3.18. The fourth-order valence-corrected chi connectivity index (χ4v) is 2.79. The number of methoxy groups -OCH3 is 1. The average molecular weight is 383 g/mol. The van der Waals surface area contributed by atoms with E-state index in [0.29, 0.717) is 13.1 Å². The van der Waals surface area contributed by atoms with Crippen molar-refractivity contribution in [2.24, 2.45) is 0 Å². The first-order valence-electron chi connectivity index (χ1n) is 9.34. The van der Waals surface area contributed by atoms with Gasteiger partial charge in [-0.25, -0.2) is 0 Å². The molecule has 0 aliphatic rings. The van der Waals surface area contributed by atoms with Gasteiger partial charge in [0, 0.05) is 51.9 Å². The first-order chi connectivity index (χ1) is 13.4. The highest BCUT2D eigenvalue weighted by Gasteiger charge is 2.12. The molecule has 2 rings (SSSR count). The van der Waals surface area contributed by atoms with Crippen molar-refractivity contribution < 1.29 is 14.3 Å². The van der Waals surface area contributed by atoms with Crippen molar-refractivity contribution >= 4 is 23.2 Å². The Bertz CT molecular complexity index is 771. The van der Waals surface area contributed by atoms with Crippen LogP contribution in [0.5, 0.6) is 5.75 Å². The third-order valence-electron chi connectivity index (χ3n) is 4.55. The van der Waals surface area contributed by atoms with Crippen molar-refractivity contribution in [2.75, 3.05) is 44.5 Å². The summed E-state index contributed by atoms with van der Waals surface area (Å²) in [6, 6.07) is 15.4. The van der Waals surface area contributed by atoms with Crippen molar-refractivity contribution in [3.63, 3.8) is 0 Å². The molecule has 0 aromatic heterocycles. The van der Waals surface area contributed by atoms with Crippen molar-refractivity contribution in [3.8, 4) is 5.75 Å². The zero-order chi connectivity index (χ0) is 20.5. The van der Waals surface area contributed by atoms with E-state index in [0.717, 1.165) is 29.1 Å². The standard InChI is InChI=1S/C22H29N3O3/c1-17(26)25(15-13-18-5-11-21(28-4)12-6-18)16-14-22(27)23-19-7-9-20(10-8-19)24(2)3/h5-12H,13-16H2,1-4H3,(H,23,27). The summed E-state index contributed by atoms with van der Waals surface area (Å²) in [6.45, 7) is 2.51. The Morgan fingerprint density at radius 3 is 2.14 bits per heavy atom. The third kappa shape index (κ3) is 6.61. The predicted molar refractivity (Wildman–Crippen MR) is 113 cm³/mol. The molecule has 0 saturated heterocycles. The van der Waals surface area contributed by atoms with Crippen LogP contribution in [0.15, 0.2) is 48.5 Å². The molecule has 0 aliphatic heterocycles. The lowest BCUT2D eigenvalue weighted by Crippen LogP contribution is -2.33. The van der Waals surface area contributed by atoms with Gasteiger partial charge in [0.1, 0.15) is 5.75 Å². The number of hydrogen-bond donors (Lipinski definition) is 1. The lowest BCUT2D eigenvalue weighted by Gasteiger charge is -2.21. The molecule has 0 bridgehead atoms. The molecule has 6 nitrogen and oxygen atoms in total. The summed E-state index contributed by atoms with van der Waals surface area (Å²) in [4.78, 5) is 27.8. The van der Waals surface area contributed by atoms with Gasteiger partial charge in [0.15, 0.2) is 0 Å². The van der Waals surface area contributed by atoms with Crippen molar-refractivity contribution in [3.05, 3.63) is 54.1 Å². The normalized spacial score (nSPS) is 10.3. The SMILES string of the molecule is COc1ccc(CCN(CCC(=O)Nc2ccc(N(C)C)cc2)C(C)=O)cc1. The average Bonchev–Trinajstić information content (AvgIpc) is 2.68. The number of nitrogens with zero attached hydrogens (tertiary/aromatic N) is 2. The smallest absolute Gasteiger partial charge is 0.226 e. The van der Waals surface area contributed by atoms with E-state index in [9.17, 15) is 9.59 Å². The highest BCUT2D eigenvalue weighted by Crippen LogP contribution is 2.16. The maximum absolute atomic E-state index is 12.2. The zero-order valence-electron chi connectivity index (χ0n) is 17.1. The van der Waals surface area contributed by atoms with Crippen LogP contribution in [0, 0.1) is 0 Å². The number of carbonyl (C=O) groups is 2. The summed E-state index contributed by atoms with van der Waals surface area (Å²) >= 11 is 0. The van der Waals surface area contributed by atoms with Crippen molar-refractivity contribution in [1.82, 2.24) is 4.90 Å². The van der Waals surface area contributed by atoms with Gasteiger partial charge >= 0.3 is 0 Å². The van der Waals surface area contributed by atoms with E-state index in [-0.39, 0.29) is 18.2 Å². The maximum atomic E-state index is 12.2. The molecule has 1 N–H and O–H groups in total. The van der Waals surface area contributed by atoms with Crippen LogP contribution >= 0.6 is 0 Å². The molecule has 2 aromatic carbocycles. The lowest BCUT2D eigenvalue weighted by molar-refractivity contribution is -0.129. The largest absolute Gasteiger partial charge is 0.497 e. The highest BCUT2D eigenvalue weighted by molar-refractivity contribution is 5.91. The number of carbonyl (C=O) groups excluding carboxylic acids is 2. The molecule has 0 fully saturated rings. The summed E-state index contributed by atoms with van der Waals surface area (Å²) in [7, 11) is 5.57. The summed E-state index contributed by atoms with van der Waals surface area (Å²) in [5.74, 6) is 0.674. The molecule has 0 unspecified atom stereocenters. The highest BCUT2D eigenvalue weighted by atomic mass is 16.5. The molecular weight excluding hydrogens is 354 g/mol. The van der Waals surface area contributed by atoms with Crippen LogP contribution < -0.4 is 15.0 Å². The molecule has 2 aromatic rings. The second-order valence-corrected chi connectivity index (χ2v) is 6.84. The van der Waals surface area contributed by atoms with E-state index in [1.165, 1.54) is 6.92 Å². The fraction of sp³-hybridized carbons (Fsp3) is 0.364. The van der Waals surface area contributed by atoms with Gasteiger partial charge < -0.3 is 19.9 Å². The van der Waals surface area contributed by atoms with Gasteiger partial charge in [0.05, 0.1) is 7.11 Å². The van der Waals surface area contributed by atoms with E-state index in [1.807, 2.05) is 67.5 Å². The summed E-state index contributed by atoms with van der Waals surface area (Å²) in [5, 5.41) is 2.88. The van der Waals surface area contributed by atoms with E-state index in [2.05, 4.69) is 5.32 Å². The summed E-state index contributed by atoms with van der Waals surface area (Å²) in [6.07, 6.45) is 0.995. The molecule has 0 heterocycles. The van der Waals surface area contributed by atoms with Gasteiger partial charge in [0.2, 0.25) is 11.8 Å². The number of rotatable bonds is 9. The molecule has 0 atom stereocenters. The van der Waals surface area contributed by atoms with E-state index in [1.54, 1.807) is 12.0 Å². The Balaban J connectivity index is 1.82. The topological polar surface area (TPSA) is 61.9 Å². The molecule has 2 amide bonds. The fourth-order valence-electron chi connectivity index (χ4n) is 2.79. The monoisotopic (exact) mass is 383 g/mol. The van der Waals surface area contributed by atoms with Crippen molar-refractivity contribution in [2.45, 2.75) is 19.8 Å². The number of benzene rings is 2. The summed E-state index contributed by atoms with van der Waals surface area (Å²) < 4.78 is 5.15. The third-order valence-corrected chi connectivity index (χ3v) is 4.55. The molecule has 28 heavy (non-hydrogen) atoms. The minimum absolute atomic E-state index is 0.0309. The van der Waals surface area contributed by atoms with Crippen LogP contribution in [-0.2, 0) is 16.0 Å². The maximum Gasteiger partial charge on any atom is 0.226 e. The van der Waals surface area contributed by atoms with Crippen LogP contribution in [0.2, 0.25) is 0 Å². The zero-order valence-corrected chi connectivity index (χ0v) is 17.1. The van der Waals surface area contributed by atoms with Gasteiger partial charge in [-0.15, -0.1) is 0 Å². The number of anilines is 2. The minimum Gasteiger partial charge on any atom is -0.497 e. The van der Waals surface area contributed by atoms with Gasteiger partial charge in [0.25, 0.3) is 0 Å². The van der Waals surface area contributed by atoms with Gasteiger partial charge in [-0.1, -0.05) is 12.1 Å². The van der Waals surface area contributed by atoms with E-state index >= 15 is 0 Å². The number of amides is 2. The number of nitrogens with one attached hydrogen (secondary N) is 1. The van der Waals surface area contributed by atoms with Gasteiger partial charge in [-0.2, -0.15) is 0 Å². The van der Waals surface area contributed by atoms with Crippen LogP contribution in [-0.4, -0.2) is 51.0 Å². The first kappa shape index (κ1) is 21.3. The molecule has 6 heteroatoms. The Morgan fingerprint density at radius 2 is 1.61 bits per heavy atom. The van der Waals surface area contributed by atoms with Gasteiger partial charge in [-0.3, -0.25) is 9.59 Å². The minimum atomic E-state index is -0.103. The molecule has 0 saturated carbocycles. The Hall–Kier alpha value is -3.02. The molecule has 150 valence electrons. The molecule has 0 aliphatic carbocycles. The van der Waals surface area contributed by atoms with Gasteiger partial charge in [-0.05, 0) is 48.4 Å². The van der Waals surface area contributed by atoms with E-state index < -0.39 is 0 Å². The van der Waals surface area contributed by atoms with Crippen LogP contribution in [0.4, 0.5) is 11.4 Å². The molecular formula is C22H29N3O3. The number of hydrogen-bond acceptors (Lipinski definition) is 4. The van der Waals surface area contributed by atoms with Crippen LogP contribution in [0.3, 0.4) is 0 Å². The molecule has 0 spiro atoms. The van der Waals surface area contributed by atoms with Crippen molar-refractivity contribution in [1.29, 1.82) is 0 Å². The molecule has 0 radical (unpaired) electrons. The van der Waals surface area contributed by atoms with Crippen LogP contribution in [0.25, 0.3) is 0 Å². The Morgan fingerprint density at radius 1 is 0.964 bits per heavy atom. The van der Waals surface area contributed by atoms with E-state index in [4.69, 9.17) is 4.74 Å². The Kier molecular flexibility index (Phi) is 7.87. The second kappa shape index (κ2) is 10.3.